The maximum absolute atomic E-state index is 12.3. The Labute approximate surface area is 175 Å². The van der Waals surface area contributed by atoms with Crippen LogP contribution in [-0.2, 0) is 21.4 Å². The average Bonchev–Trinajstić information content (AvgIpc) is 3.21. The van der Waals surface area contributed by atoms with Crippen LogP contribution in [0.2, 0.25) is 0 Å². The number of ether oxygens (including phenoxy) is 1. The Kier molecular flexibility index (Phi) is 4.50. The minimum absolute atomic E-state index is 0.0290. The molecule has 5 rings (SSSR count). The Morgan fingerprint density at radius 3 is 2.87 bits per heavy atom. The summed E-state index contributed by atoms with van der Waals surface area (Å²) in [6.07, 6.45) is 3.15. The van der Waals surface area contributed by atoms with Crippen molar-refractivity contribution in [2.75, 3.05) is 23.8 Å². The van der Waals surface area contributed by atoms with Crippen molar-refractivity contribution < 1.29 is 9.53 Å². The number of carbonyl (C=O) groups excluding carboxylic acids is 1. The highest BCUT2D eigenvalue weighted by Crippen LogP contribution is 2.41. The van der Waals surface area contributed by atoms with Crippen molar-refractivity contribution in [3.05, 3.63) is 47.2 Å². The van der Waals surface area contributed by atoms with Crippen LogP contribution in [0.25, 0.3) is 5.65 Å². The number of rotatable bonds is 4. The first kappa shape index (κ1) is 19.1. The van der Waals surface area contributed by atoms with Crippen LogP contribution in [0.4, 0.5) is 17.3 Å². The normalized spacial score (nSPS) is 18.4. The smallest absolute Gasteiger partial charge is 0.247 e. The van der Waals surface area contributed by atoms with Crippen LogP contribution in [0.15, 0.2) is 30.3 Å². The second-order valence-electron chi connectivity index (χ2n) is 8.90. The van der Waals surface area contributed by atoms with Gasteiger partial charge in [0.15, 0.2) is 5.65 Å². The summed E-state index contributed by atoms with van der Waals surface area (Å²) in [6.45, 7) is 7.64. The summed E-state index contributed by atoms with van der Waals surface area (Å²) in [7, 11) is 0. The van der Waals surface area contributed by atoms with Crippen LogP contribution in [0, 0.1) is 12.8 Å². The van der Waals surface area contributed by atoms with E-state index in [1.54, 1.807) is 0 Å². The molecule has 1 saturated heterocycles. The van der Waals surface area contributed by atoms with Crippen molar-refractivity contribution in [2.24, 2.45) is 5.92 Å². The van der Waals surface area contributed by atoms with Gasteiger partial charge in [-0.1, -0.05) is 6.07 Å². The van der Waals surface area contributed by atoms with Gasteiger partial charge in [-0.3, -0.25) is 4.79 Å². The third-order valence-electron chi connectivity index (χ3n) is 6.31. The molecule has 1 fully saturated rings. The summed E-state index contributed by atoms with van der Waals surface area (Å²) < 4.78 is 7.42. The first-order valence-corrected chi connectivity index (χ1v) is 10.6. The minimum atomic E-state index is -0.516. The average molecular weight is 406 g/mol. The summed E-state index contributed by atoms with van der Waals surface area (Å²) >= 11 is 0. The highest BCUT2D eigenvalue weighted by atomic mass is 16.5. The van der Waals surface area contributed by atoms with Crippen LogP contribution >= 0.6 is 0 Å². The van der Waals surface area contributed by atoms with E-state index in [0.717, 1.165) is 60.6 Å². The Morgan fingerprint density at radius 1 is 1.27 bits per heavy atom. The Bertz CT molecular complexity index is 1130. The number of nitrogens with zero attached hydrogens (tertiary/aromatic N) is 3. The molecule has 0 saturated carbocycles. The maximum Gasteiger partial charge on any atom is 0.247 e. The molecule has 7 heteroatoms. The van der Waals surface area contributed by atoms with Gasteiger partial charge in [-0.25, -0.2) is 4.52 Å². The Balaban J connectivity index is 1.43. The maximum atomic E-state index is 12.3. The van der Waals surface area contributed by atoms with Crippen molar-refractivity contribution in [1.29, 1.82) is 0 Å². The molecule has 0 radical (unpaired) electrons. The number of hydrogen-bond donors (Lipinski definition) is 2. The predicted molar refractivity (Wildman–Crippen MR) is 116 cm³/mol. The second kappa shape index (κ2) is 7.09. The van der Waals surface area contributed by atoms with E-state index >= 15 is 0 Å². The highest BCUT2D eigenvalue weighted by molar-refractivity contribution is 6.06. The molecule has 2 aliphatic heterocycles. The summed E-state index contributed by atoms with van der Waals surface area (Å²) in [6, 6.07) is 10.2. The molecule has 2 aliphatic rings. The fourth-order valence-electron chi connectivity index (χ4n) is 4.72. The fraction of sp³-hybridized carbons (Fsp3) is 0.435. The number of hydrogen-bond acceptors (Lipinski definition) is 5. The molecule has 4 heterocycles. The zero-order valence-corrected chi connectivity index (χ0v) is 17.7. The third-order valence-corrected chi connectivity index (χ3v) is 6.31. The molecule has 0 atom stereocenters. The van der Waals surface area contributed by atoms with Crippen molar-refractivity contribution in [1.82, 2.24) is 14.6 Å². The number of carbonyl (C=O) groups is 1. The SMILES string of the molecule is Cc1cc(Nc2nc3cccc(CC4CCOCC4)n3n2)cc2c1C(C)(C)C(=O)N2. The lowest BCUT2D eigenvalue weighted by Gasteiger charge is -2.21. The van der Waals surface area contributed by atoms with Gasteiger partial charge in [-0.2, -0.15) is 4.98 Å². The lowest BCUT2D eigenvalue weighted by Crippen LogP contribution is -2.27. The van der Waals surface area contributed by atoms with Crippen LogP contribution in [0.3, 0.4) is 0 Å². The van der Waals surface area contributed by atoms with E-state index in [1.165, 1.54) is 5.69 Å². The summed E-state index contributed by atoms with van der Waals surface area (Å²) in [5.41, 5.74) is 5.33. The molecule has 156 valence electrons. The molecule has 0 spiro atoms. The van der Waals surface area contributed by atoms with E-state index in [-0.39, 0.29) is 5.91 Å². The van der Waals surface area contributed by atoms with E-state index in [4.69, 9.17) is 9.84 Å². The summed E-state index contributed by atoms with van der Waals surface area (Å²) in [4.78, 5) is 17.0. The molecular weight excluding hydrogens is 378 g/mol. The van der Waals surface area contributed by atoms with Gasteiger partial charge in [0, 0.05) is 30.3 Å². The number of nitrogens with one attached hydrogen (secondary N) is 2. The number of amides is 1. The number of aromatic nitrogens is 3. The van der Waals surface area contributed by atoms with E-state index in [1.807, 2.05) is 43.5 Å². The molecule has 30 heavy (non-hydrogen) atoms. The van der Waals surface area contributed by atoms with Gasteiger partial charge < -0.3 is 15.4 Å². The van der Waals surface area contributed by atoms with Crippen LogP contribution in [0.1, 0.15) is 43.5 Å². The number of benzene rings is 1. The molecule has 7 nitrogen and oxygen atoms in total. The monoisotopic (exact) mass is 405 g/mol. The van der Waals surface area contributed by atoms with Crippen molar-refractivity contribution in [3.8, 4) is 0 Å². The van der Waals surface area contributed by atoms with Crippen molar-refractivity contribution >= 4 is 28.9 Å². The minimum Gasteiger partial charge on any atom is -0.381 e. The zero-order valence-electron chi connectivity index (χ0n) is 17.7. The summed E-state index contributed by atoms with van der Waals surface area (Å²) in [5.74, 6) is 1.20. The molecule has 0 bridgehead atoms. The van der Waals surface area contributed by atoms with Gasteiger partial charge in [-0.15, -0.1) is 5.10 Å². The Morgan fingerprint density at radius 2 is 2.07 bits per heavy atom. The van der Waals surface area contributed by atoms with Gasteiger partial charge in [0.05, 0.1) is 5.41 Å². The van der Waals surface area contributed by atoms with Gasteiger partial charge in [0.2, 0.25) is 11.9 Å². The largest absolute Gasteiger partial charge is 0.381 e. The van der Waals surface area contributed by atoms with Gasteiger partial charge >= 0.3 is 0 Å². The van der Waals surface area contributed by atoms with E-state index in [0.29, 0.717) is 11.9 Å². The van der Waals surface area contributed by atoms with Crippen molar-refractivity contribution in [3.63, 3.8) is 0 Å². The summed E-state index contributed by atoms with van der Waals surface area (Å²) in [5, 5.41) is 11.0. The lowest BCUT2D eigenvalue weighted by atomic mass is 9.83. The molecule has 2 N–H and O–H groups in total. The molecule has 1 amide bonds. The lowest BCUT2D eigenvalue weighted by molar-refractivity contribution is -0.119. The first-order chi connectivity index (χ1) is 14.4. The fourth-order valence-corrected chi connectivity index (χ4v) is 4.72. The second-order valence-corrected chi connectivity index (χ2v) is 8.90. The number of pyridine rings is 1. The molecular formula is C23H27N5O2. The molecule has 0 aliphatic carbocycles. The van der Waals surface area contributed by atoms with Crippen LogP contribution < -0.4 is 10.6 Å². The predicted octanol–water partition coefficient (Wildman–Crippen LogP) is 3.98. The molecule has 1 aromatic carbocycles. The molecule has 3 aromatic rings. The quantitative estimate of drug-likeness (QED) is 0.686. The number of fused-ring (bicyclic) bond motifs is 2. The standard InChI is InChI=1S/C23H27N5O2/c1-14-11-16(13-18-20(14)23(2,3)21(29)25-18)24-22-26-19-6-4-5-17(28(19)27-22)12-15-7-9-30-10-8-15/h4-6,11,13,15H,7-10,12H2,1-3H3,(H,24,27)(H,25,29). The number of anilines is 3. The van der Waals surface area contributed by atoms with E-state index in [2.05, 4.69) is 27.8 Å². The molecule has 2 aromatic heterocycles. The first-order valence-electron chi connectivity index (χ1n) is 10.6. The van der Waals surface area contributed by atoms with Crippen LogP contribution in [-0.4, -0.2) is 33.7 Å². The van der Waals surface area contributed by atoms with Gasteiger partial charge in [0.1, 0.15) is 0 Å². The third kappa shape index (κ3) is 3.23. The molecule has 0 unspecified atom stereocenters. The Hall–Kier alpha value is -2.93. The van der Waals surface area contributed by atoms with E-state index < -0.39 is 5.41 Å². The zero-order chi connectivity index (χ0) is 20.9. The topological polar surface area (TPSA) is 80.6 Å². The van der Waals surface area contributed by atoms with Gasteiger partial charge in [-0.05, 0) is 81.3 Å². The van der Waals surface area contributed by atoms with Gasteiger partial charge in [0.25, 0.3) is 0 Å². The van der Waals surface area contributed by atoms with Crippen LogP contribution in [0.5, 0.6) is 0 Å². The highest BCUT2D eigenvalue weighted by Gasteiger charge is 2.39. The number of aryl methyl sites for hydroxylation is 1. The van der Waals surface area contributed by atoms with Crippen molar-refractivity contribution in [2.45, 2.75) is 45.4 Å². The van der Waals surface area contributed by atoms with E-state index in [9.17, 15) is 4.79 Å².